The maximum Gasteiger partial charge on any atom is 0.0721 e. The maximum atomic E-state index is 5.75. The van der Waals surface area contributed by atoms with Crippen molar-refractivity contribution < 1.29 is 37.9 Å². The molecule has 8 nitrogen and oxygen atoms in total. The van der Waals surface area contributed by atoms with Crippen LogP contribution in [0.15, 0.2) is 22.7 Å². The molecule has 0 N–H and O–H groups in total. The van der Waals surface area contributed by atoms with Gasteiger partial charge in [0.15, 0.2) is 0 Å². The van der Waals surface area contributed by atoms with Gasteiger partial charge in [0.25, 0.3) is 0 Å². The SMILES string of the molecule is COCCOCCOCCOCc1ccc(Br)cc1COCCOCCOCCOC. The van der Waals surface area contributed by atoms with E-state index in [1.165, 1.54) is 0 Å². The van der Waals surface area contributed by atoms with Crippen LogP contribution in [0.2, 0.25) is 0 Å². The first-order valence-electron chi connectivity index (χ1n) is 10.5. The topological polar surface area (TPSA) is 73.8 Å². The largest absolute Gasteiger partial charge is 0.382 e. The highest BCUT2D eigenvalue weighted by Crippen LogP contribution is 2.18. The van der Waals surface area contributed by atoms with E-state index in [9.17, 15) is 0 Å². The molecule has 0 saturated heterocycles. The van der Waals surface area contributed by atoms with Crippen molar-refractivity contribution in [2.24, 2.45) is 0 Å². The first-order chi connectivity index (χ1) is 15.3. The summed E-state index contributed by atoms with van der Waals surface area (Å²) in [7, 11) is 3.30. The zero-order valence-corrected chi connectivity index (χ0v) is 20.4. The van der Waals surface area contributed by atoms with Crippen molar-refractivity contribution in [1.29, 1.82) is 0 Å². The van der Waals surface area contributed by atoms with Gasteiger partial charge in [-0.2, -0.15) is 0 Å². The Morgan fingerprint density at radius 1 is 0.516 bits per heavy atom. The highest BCUT2D eigenvalue weighted by molar-refractivity contribution is 9.10. The number of ether oxygens (including phenoxy) is 8. The molecular weight excluding hydrogens is 472 g/mol. The van der Waals surface area contributed by atoms with Crippen LogP contribution in [0.1, 0.15) is 11.1 Å². The third kappa shape index (κ3) is 16.6. The Balaban J connectivity index is 2.10. The summed E-state index contributed by atoms with van der Waals surface area (Å²) in [6.07, 6.45) is 0. The minimum atomic E-state index is 0.501. The van der Waals surface area contributed by atoms with Gasteiger partial charge in [0.1, 0.15) is 0 Å². The van der Waals surface area contributed by atoms with Gasteiger partial charge in [0, 0.05) is 18.7 Å². The van der Waals surface area contributed by atoms with E-state index in [1.807, 2.05) is 12.1 Å². The molecule has 0 amide bonds. The Bertz CT molecular complexity index is 532. The molecule has 0 radical (unpaired) electrons. The van der Waals surface area contributed by atoms with E-state index in [0.717, 1.165) is 15.6 Å². The molecule has 0 aromatic heterocycles. The summed E-state index contributed by atoms with van der Waals surface area (Å²) in [5.74, 6) is 0. The van der Waals surface area contributed by atoms with Gasteiger partial charge in [-0.25, -0.2) is 0 Å². The molecule has 0 spiro atoms. The Morgan fingerprint density at radius 2 is 0.903 bits per heavy atom. The van der Waals surface area contributed by atoms with E-state index in [1.54, 1.807) is 14.2 Å². The molecule has 0 fully saturated rings. The van der Waals surface area contributed by atoms with E-state index in [4.69, 9.17) is 37.9 Å². The standard InChI is InChI=1S/C22H37BrO8/c1-24-5-7-26-9-11-28-13-15-30-18-20-3-4-22(23)17-21(20)19-31-16-14-29-12-10-27-8-6-25-2/h3-4,17H,5-16,18-19H2,1-2H3. The van der Waals surface area contributed by atoms with Crippen LogP contribution in [0.25, 0.3) is 0 Å². The number of hydrogen-bond donors (Lipinski definition) is 0. The molecule has 0 bridgehead atoms. The lowest BCUT2D eigenvalue weighted by molar-refractivity contribution is -0.00168. The summed E-state index contributed by atoms with van der Waals surface area (Å²) in [5.41, 5.74) is 2.18. The van der Waals surface area contributed by atoms with Crippen LogP contribution in [0, 0.1) is 0 Å². The van der Waals surface area contributed by atoms with Crippen LogP contribution in [0.3, 0.4) is 0 Å². The molecule has 0 unspecified atom stereocenters. The van der Waals surface area contributed by atoms with Gasteiger partial charge in [-0.3, -0.25) is 0 Å². The van der Waals surface area contributed by atoms with Crippen LogP contribution < -0.4 is 0 Å². The normalized spacial score (nSPS) is 11.3. The summed E-state index contributed by atoms with van der Waals surface area (Å²) in [6.45, 7) is 7.68. The second-order valence-electron chi connectivity index (χ2n) is 6.45. The smallest absolute Gasteiger partial charge is 0.0721 e. The summed E-state index contributed by atoms with van der Waals surface area (Å²) < 4.78 is 44.0. The van der Waals surface area contributed by atoms with Crippen molar-refractivity contribution in [1.82, 2.24) is 0 Å². The third-order valence-corrected chi connectivity index (χ3v) is 4.53. The average molecular weight is 509 g/mol. The minimum absolute atomic E-state index is 0.501. The molecule has 9 heteroatoms. The van der Waals surface area contributed by atoms with Gasteiger partial charge in [-0.1, -0.05) is 22.0 Å². The second kappa shape index (κ2) is 21.2. The van der Waals surface area contributed by atoms with E-state index in [-0.39, 0.29) is 0 Å². The van der Waals surface area contributed by atoms with E-state index < -0.39 is 0 Å². The Labute approximate surface area is 194 Å². The van der Waals surface area contributed by atoms with Crippen LogP contribution in [-0.2, 0) is 51.1 Å². The van der Waals surface area contributed by atoms with Gasteiger partial charge in [0.05, 0.1) is 92.5 Å². The van der Waals surface area contributed by atoms with Crippen molar-refractivity contribution >= 4 is 15.9 Å². The number of hydrogen-bond acceptors (Lipinski definition) is 8. The lowest BCUT2D eigenvalue weighted by atomic mass is 10.1. The van der Waals surface area contributed by atoms with Gasteiger partial charge in [0.2, 0.25) is 0 Å². The summed E-state index contributed by atoms with van der Waals surface area (Å²) in [4.78, 5) is 0. The molecule has 0 aliphatic carbocycles. The van der Waals surface area contributed by atoms with Crippen molar-refractivity contribution in [2.45, 2.75) is 13.2 Å². The first-order valence-corrected chi connectivity index (χ1v) is 11.3. The summed E-state index contributed by atoms with van der Waals surface area (Å²) >= 11 is 3.51. The van der Waals surface area contributed by atoms with Gasteiger partial charge < -0.3 is 37.9 Å². The van der Waals surface area contributed by atoms with Crippen LogP contribution in [0.4, 0.5) is 0 Å². The number of benzene rings is 1. The van der Waals surface area contributed by atoms with E-state index in [0.29, 0.717) is 92.5 Å². The third-order valence-electron chi connectivity index (χ3n) is 4.04. The van der Waals surface area contributed by atoms with Crippen molar-refractivity contribution in [3.63, 3.8) is 0 Å². The Morgan fingerprint density at radius 3 is 1.35 bits per heavy atom. The Hall–Kier alpha value is -0.620. The second-order valence-corrected chi connectivity index (χ2v) is 7.37. The fourth-order valence-electron chi connectivity index (χ4n) is 2.40. The van der Waals surface area contributed by atoms with Crippen molar-refractivity contribution in [2.75, 3.05) is 93.5 Å². The number of rotatable bonds is 22. The minimum Gasteiger partial charge on any atom is -0.382 e. The Kier molecular flexibility index (Phi) is 19.5. The van der Waals surface area contributed by atoms with Crippen molar-refractivity contribution in [3.05, 3.63) is 33.8 Å². The highest BCUT2D eigenvalue weighted by Gasteiger charge is 2.05. The fourth-order valence-corrected chi connectivity index (χ4v) is 2.81. The average Bonchev–Trinajstić information content (AvgIpc) is 2.77. The van der Waals surface area contributed by atoms with Gasteiger partial charge in [-0.05, 0) is 23.3 Å². The predicted molar refractivity (Wildman–Crippen MR) is 120 cm³/mol. The fraction of sp³-hybridized carbons (Fsp3) is 0.727. The molecule has 1 aromatic carbocycles. The first kappa shape index (κ1) is 28.4. The zero-order valence-electron chi connectivity index (χ0n) is 18.8. The van der Waals surface area contributed by atoms with Crippen molar-refractivity contribution in [3.8, 4) is 0 Å². The molecule has 0 atom stereocenters. The lowest BCUT2D eigenvalue weighted by Gasteiger charge is -2.12. The maximum absolute atomic E-state index is 5.75. The monoisotopic (exact) mass is 508 g/mol. The van der Waals surface area contributed by atoms with Gasteiger partial charge in [-0.15, -0.1) is 0 Å². The van der Waals surface area contributed by atoms with Crippen LogP contribution in [-0.4, -0.2) is 93.5 Å². The van der Waals surface area contributed by atoms with Gasteiger partial charge >= 0.3 is 0 Å². The molecule has 1 rings (SSSR count). The number of methoxy groups -OCH3 is 2. The van der Waals surface area contributed by atoms with E-state index in [2.05, 4.69) is 22.0 Å². The predicted octanol–water partition coefficient (Wildman–Crippen LogP) is 2.84. The zero-order chi connectivity index (χ0) is 22.4. The summed E-state index contributed by atoms with van der Waals surface area (Å²) in [5, 5.41) is 0. The molecule has 31 heavy (non-hydrogen) atoms. The van der Waals surface area contributed by atoms with Crippen LogP contribution in [0.5, 0.6) is 0 Å². The number of halogens is 1. The molecule has 180 valence electrons. The molecule has 0 aliphatic heterocycles. The van der Waals surface area contributed by atoms with E-state index >= 15 is 0 Å². The van der Waals surface area contributed by atoms with Crippen LogP contribution >= 0.6 is 15.9 Å². The lowest BCUT2D eigenvalue weighted by Crippen LogP contribution is -2.12. The molecule has 0 saturated carbocycles. The quantitative estimate of drug-likeness (QED) is 0.221. The summed E-state index contributed by atoms with van der Waals surface area (Å²) in [6, 6.07) is 6.10. The molecular formula is C22H37BrO8. The molecule has 1 aromatic rings. The molecule has 0 heterocycles. The highest BCUT2D eigenvalue weighted by atomic mass is 79.9. The molecule has 0 aliphatic rings.